The molecule has 1 saturated heterocycles. The summed E-state index contributed by atoms with van der Waals surface area (Å²) < 4.78 is 15.5. The van der Waals surface area contributed by atoms with Gasteiger partial charge in [-0.3, -0.25) is 0 Å². The molecule has 4 heteroatoms. The summed E-state index contributed by atoms with van der Waals surface area (Å²) in [6, 6.07) is 0. The first kappa shape index (κ1) is 14.2. The van der Waals surface area contributed by atoms with Crippen LogP contribution in [-0.4, -0.2) is 32.1 Å². The fraction of sp³-hybridized carbons (Fsp3) is 0.769. The Morgan fingerprint density at radius 2 is 2.18 bits per heavy atom. The molecule has 17 heavy (non-hydrogen) atoms. The molecule has 0 N–H and O–H groups in total. The second kappa shape index (κ2) is 7.45. The predicted molar refractivity (Wildman–Crippen MR) is 64.5 cm³/mol. The second-order valence-electron chi connectivity index (χ2n) is 4.26. The summed E-state index contributed by atoms with van der Waals surface area (Å²) in [6.07, 6.45) is 5.78. The molecule has 1 rings (SSSR count). The molecule has 1 aliphatic heterocycles. The highest BCUT2D eigenvalue weighted by molar-refractivity contribution is 5.92. The van der Waals surface area contributed by atoms with Crippen LogP contribution in [-0.2, 0) is 19.0 Å². The molecular formula is C13H22O4. The molecule has 0 unspecified atom stereocenters. The van der Waals surface area contributed by atoms with Gasteiger partial charge in [-0.25, -0.2) is 4.79 Å². The first-order valence-electron chi connectivity index (χ1n) is 6.22. The van der Waals surface area contributed by atoms with Gasteiger partial charge in [0.25, 0.3) is 0 Å². The van der Waals surface area contributed by atoms with Crippen LogP contribution in [0.1, 0.15) is 39.5 Å². The molecule has 4 nitrogen and oxygen atoms in total. The molecule has 0 aromatic carbocycles. The molecule has 1 fully saturated rings. The smallest absolute Gasteiger partial charge is 0.336 e. The van der Waals surface area contributed by atoms with Gasteiger partial charge in [0, 0.05) is 7.11 Å². The summed E-state index contributed by atoms with van der Waals surface area (Å²) in [5.41, 5.74) is 0.644. The number of carbonyl (C=O) groups is 1. The van der Waals surface area contributed by atoms with Crippen molar-refractivity contribution in [3.63, 3.8) is 0 Å². The third-order valence-corrected chi connectivity index (χ3v) is 2.80. The maximum absolute atomic E-state index is 11.6. The fourth-order valence-electron chi connectivity index (χ4n) is 1.89. The predicted octanol–water partition coefficient (Wildman–Crippen LogP) is 2.43. The van der Waals surface area contributed by atoms with E-state index >= 15 is 0 Å². The Labute approximate surface area is 103 Å². The van der Waals surface area contributed by atoms with E-state index in [4.69, 9.17) is 14.2 Å². The number of unbranched alkanes of at least 4 members (excludes halogenated alkanes) is 3. The number of methoxy groups -OCH3 is 1. The van der Waals surface area contributed by atoms with Crippen LogP contribution < -0.4 is 0 Å². The van der Waals surface area contributed by atoms with Gasteiger partial charge in [0.2, 0.25) is 0 Å². The number of hydrogen-bond acceptors (Lipinski definition) is 4. The highest BCUT2D eigenvalue weighted by Crippen LogP contribution is 2.25. The average Bonchev–Trinajstić information content (AvgIpc) is 2.57. The molecule has 98 valence electrons. The van der Waals surface area contributed by atoms with E-state index in [1.165, 1.54) is 12.8 Å². The molecule has 0 bridgehead atoms. The largest absolute Gasteiger partial charge is 0.456 e. The zero-order valence-electron chi connectivity index (χ0n) is 10.9. The van der Waals surface area contributed by atoms with Crippen molar-refractivity contribution in [1.29, 1.82) is 0 Å². The Hall–Kier alpha value is -0.870. The summed E-state index contributed by atoms with van der Waals surface area (Å²) >= 11 is 0. The maximum Gasteiger partial charge on any atom is 0.336 e. The van der Waals surface area contributed by atoms with Gasteiger partial charge >= 0.3 is 5.97 Å². The highest BCUT2D eigenvalue weighted by Gasteiger charge is 2.37. The van der Waals surface area contributed by atoms with Crippen molar-refractivity contribution < 1.29 is 19.0 Å². The van der Waals surface area contributed by atoms with Crippen molar-refractivity contribution in [2.45, 2.75) is 51.7 Å². The van der Waals surface area contributed by atoms with Gasteiger partial charge < -0.3 is 14.2 Å². The lowest BCUT2D eigenvalue weighted by Gasteiger charge is -2.13. The summed E-state index contributed by atoms with van der Waals surface area (Å²) in [5.74, 6) is -0.255. The van der Waals surface area contributed by atoms with Crippen molar-refractivity contribution in [1.82, 2.24) is 0 Å². The van der Waals surface area contributed by atoms with Crippen LogP contribution in [0.25, 0.3) is 0 Å². The number of hydrogen-bond donors (Lipinski definition) is 0. The number of cyclic esters (lactones) is 1. The van der Waals surface area contributed by atoms with Gasteiger partial charge in [0.15, 0.2) is 0 Å². The maximum atomic E-state index is 11.6. The quantitative estimate of drug-likeness (QED) is 0.298. The third-order valence-electron chi connectivity index (χ3n) is 2.80. The second-order valence-corrected chi connectivity index (χ2v) is 4.26. The molecule has 1 aliphatic rings. The van der Waals surface area contributed by atoms with Crippen molar-refractivity contribution >= 4 is 5.97 Å². The Balaban J connectivity index is 2.55. The van der Waals surface area contributed by atoms with E-state index in [1.807, 2.05) is 13.0 Å². The standard InChI is InChI=1S/C13H22O4/c1-4-5-6-7-8-11-12(16-9-15-3)10(2)17-13(11)14/h8,10,12H,4-7,9H2,1-3H3/b11-8+/t10-,12-/m0/s1. The van der Waals surface area contributed by atoms with E-state index in [1.54, 1.807) is 7.11 Å². The van der Waals surface area contributed by atoms with Gasteiger partial charge in [-0.1, -0.05) is 25.8 Å². The number of esters is 1. The van der Waals surface area contributed by atoms with E-state index in [-0.39, 0.29) is 25.0 Å². The molecule has 1 heterocycles. The lowest BCUT2D eigenvalue weighted by molar-refractivity contribution is -0.140. The molecule has 0 spiro atoms. The number of rotatable bonds is 7. The zero-order chi connectivity index (χ0) is 12.7. The summed E-state index contributed by atoms with van der Waals surface area (Å²) in [4.78, 5) is 11.6. The SMILES string of the molecule is CCCCC/C=C1/C(=O)O[C@@H](C)[C@@H]1OCOC. The Bertz CT molecular complexity index is 273. The van der Waals surface area contributed by atoms with Crippen molar-refractivity contribution in [2.75, 3.05) is 13.9 Å². The Morgan fingerprint density at radius 1 is 1.41 bits per heavy atom. The zero-order valence-corrected chi connectivity index (χ0v) is 10.9. The minimum atomic E-state index is -0.288. The fourth-order valence-corrected chi connectivity index (χ4v) is 1.89. The highest BCUT2D eigenvalue weighted by atomic mass is 16.7. The minimum absolute atomic E-state index is 0.179. The molecule has 2 atom stereocenters. The first-order valence-corrected chi connectivity index (χ1v) is 6.22. The molecule has 0 radical (unpaired) electrons. The van der Waals surface area contributed by atoms with E-state index in [9.17, 15) is 4.79 Å². The summed E-state index contributed by atoms with van der Waals surface area (Å²) in [5, 5.41) is 0. The lowest BCUT2D eigenvalue weighted by Crippen LogP contribution is -2.23. The van der Waals surface area contributed by atoms with E-state index < -0.39 is 0 Å². The molecule has 0 aromatic heterocycles. The van der Waals surface area contributed by atoms with Crippen LogP contribution in [0, 0.1) is 0 Å². The number of ether oxygens (including phenoxy) is 3. The molecule has 0 saturated carbocycles. The van der Waals surface area contributed by atoms with Gasteiger partial charge in [-0.15, -0.1) is 0 Å². The number of carbonyl (C=O) groups excluding carboxylic acids is 1. The molecule has 0 aromatic rings. The minimum Gasteiger partial charge on any atom is -0.456 e. The average molecular weight is 242 g/mol. The van der Waals surface area contributed by atoms with Gasteiger partial charge in [0.1, 0.15) is 19.0 Å². The van der Waals surface area contributed by atoms with Crippen LogP contribution >= 0.6 is 0 Å². The van der Waals surface area contributed by atoms with E-state index in [0.29, 0.717) is 5.57 Å². The van der Waals surface area contributed by atoms with E-state index in [2.05, 4.69) is 6.92 Å². The van der Waals surface area contributed by atoms with Crippen molar-refractivity contribution in [3.8, 4) is 0 Å². The topological polar surface area (TPSA) is 44.8 Å². The van der Waals surface area contributed by atoms with Crippen LogP contribution in [0.4, 0.5) is 0 Å². The summed E-state index contributed by atoms with van der Waals surface area (Å²) in [6.45, 7) is 4.17. The Morgan fingerprint density at radius 3 is 2.82 bits per heavy atom. The van der Waals surface area contributed by atoms with Crippen LogP contribution in [0.3, 0.4) is 0 Å². The van der Waals surface area contributed by atoms with Crippen LogP contribution in [0.5, 0.6) is 0 Å². The summed E-state index contributed by atoms with van der Waals surface area (Å²) in [7, 11) is 1.56. The number of allylic oxidation sites excluding steroid dienone is 1. The molecule has 0 aliphatic carbocycles. The van der Waals surface area contributed by atoms with Crippen LogP contribution in [0.2, 0.25) is 0 Å². The third kappa shape index (κ3) is 4.13. The van der Waals surface area contributed by atoms with Crippen molar-refractivity contribution in [2.24, 2.45) is 0 Å². The molecule has 0 amide bonds. The normalized spacial score (nSPS) is 26.5. The van der Waals surface area contributed by atoms with Crippen molar-refractivity contribution in [3.05, 3.63) is 11.6 Å². The van der Waals surface area contributed by atoms with Gasteiger partial charge in [0.05, 0.1) is 5.57 Å². The monoisotopic (exact) mass is 242 g/mol. The molecular weight excluding hydrogens is 220 g/mol. The van der Waals surface area contributed by atoms with E-state index in [0.717, 1.165) is 12.8 Å². The van der Waals surface area contributed by atoms with Gasteiger partial charge in [-0.05, 0) is 19.8 Å². The van der Waals surface area contributed by atoms with Gasteiger partial charge in [-0.2, -0.15) is 0 Å². The first-order chi connectivity index (χ1) is 8.20. The lowest BCUT2D eigenvalue weighted by atomic mass is 10.1. The Kier molecular flexibility index (Phi) is 6.22. The van der Waals surface area contributed by atoms with Crippen LogP contribution in [0.15, 0.2) is 11.6 Å².